The highest BCUT2D eigenvalue weighted by Crippen LogP contribution is 2.36. The van der Waals surface area contributed by atoms with Gasteiger partial charge in [0.1, 0.15) is 19.3 Å². The van der Waals surface area contributed by atoms with Crippen molar-refractivity contribution in [1.82, 2.24) is 20.0 Å². The number of hydrogen-bond acceptors (Lipinski definition) is 7. The molecule has 5 rings (SSSR count). The average molecular weight is 511 g/mol. The lowest BCUT2D eigenvalue weighted by Gasteiger charge is -2.29. The number of carbonyl (C=O) groups excluding carboxylic acids is 2. The number of likely N-dealkylation sites (tertiary alicyclic amines) is 1. The maximum Gasteiger partial charge on any atom is 0.292 e. The van der Waals surface area contributed by atoms with Crippen LogP contribution in [-0.4, -0.2) is 70.4 Å². The number of Topliss-reactive ketones (excluding diaryl/α,β-unsaturated/α-hetero) is 1. The molecule has 1 amide bonds. The molecule has 0 saturated carbocycles. The van der Waals surface area contributed by atoms with Crippen LogP contribution < -0.4 is 14.8 Å². The maximum absolute atomic E-state index is 14.7. The molecular weight excluding hydrogens is 479 g/mol. The number of halogens is 1. The number of nitrogens with zero attached hydrogens (tertiary/aromatic N) is 3. The lowest BCUT2D eigenvalue weighted by Crippen LogP contribution is -2.48. The van der Waals surface area contributed by atoms with Gasteiger partial charge in [0.05, 0.1) is 17.8 Å². The van der Waals surface area contributed by atoms with E-state index in [-0.39, 0.29) is 41.9 Å². The van der Waals surface area contributed by atoms with E-state index in [1.165, 1.54) is 12.1 Å². The lowest BCUT2D eigenvalue weighted by molar-refractivity contribution is -0.118. The van der Waals surface area contributed by atoms with Crippen LogP contribution >= 0.6 is 0 Å². The smallest absolute Gasteiger partial charge is 0.292 e. The van der Waals surface area contributed by atoms with E-state index in [9.17, 15) is 19.1 Å². The molecule has 1 saturated heterocycles. The molecule has 9 nitrogen and oxygen atoms in total. The Morgan fingerprint density at radius 2 is 1.89 bits per heavy atom. The molecule has 1 fully saturated rings. The van der Waals surface area contributed by atoms with Crippen LogP contribution in [0.15, 0.2) is 36.5 Å². The molecule has 2 aliphatic rings. The number of rotatable bonds is 8. The van der Waals surface area contributed by atoms with Gasteiger partial charge in [-0.2, -0.15) is 5.10 Å². The second-order valence-corrected chi connectivity index (χ2v) is 9.85. The van der Waals surface area contributed by atoms with Crippen LogP contribution in [0, 0.1) is 5.82 Å². The number of aromatic nitrogens is 2. The van der Waals surface area contributed by atoms with Gasteiger partial charge in [0.2, 0.25) is 5.78 Å². The number of aliphatic hydroxyl groups excluding tert-OH is 1. The molecule has 3 aromatic rings. The molecule has 2 N–H and O–H groups in total. The number of ether oxygens (including phenoxy) is 2. The third-order valence-electron chi connectivity index (χ3n) is 6.87. The van der Waals surface area contributed by atoms with Gasteiger partial charge in [-0.1, -0.05) is 12.1 Å². The molecule has 37 heavy (non-hydrogen) atoms. The van der Waals surface area contributed by atoms with Gasteiger partial charge in [-0.15, -0.1) is 0 Å². The summed E-state index contributed by atoms with van der Waals surface area (Å²) in [4.78, 5) is 28.4. The molecule has 2 aromatic carbocycles. The van der Waals surface area contributed by atoms with Gasteiger partial charge in [0.25, 0.3) is 5.91 Å². The fourth-order valence-corrected chi connectivity index (χ4v) is 4.96. The number of hydrogen-bond donors (Lipinski definition) is 2. The zero-order valence-corrected chi connectivity index (χ0v) is 20.9. The Morgan fingerprint density at radius 1 is 1.14 bits per heavy atom. The minimum absolute atomic E-state index is 0.00790. The van der Waals surface area contributed by atoms with Gasteiger partial charge in [-0.3, -0.25) is 14.3 Å². The monoisotopic (exact) mass is 510 g/mol. The van der Waals surface area contributed by atoms with E-state index in [4.69, 9.17) is 9.47 Å². The number of aliphatic hydroxyl groups is 1. The van der Waals surface area contributed by atoms with Crippen molar-refractivity contribution in [3.05, 3.63) is 53.5 Å². The third-order valence-corrected chi connectivity index (χ3v) is 6.87. The third kappa shape index (κ3) is 5.17. The standard InChI is InChI=1S/C27H31FN4O5/c1-16(2)32-22-12-17(5-6-18(22)14-29-32)25(34)27(35)30-21(15-31-7-3-4-8-31)24(33)19-11-20(28)26-23(13-19)36-9-10-37-26/h5-6,11-14,16,21,24,33H,3-4,7-10,15H2,1-2H3,(H,30,35)/t21-,24+/m1/s1. The van der Waals surface area contributed by atoms with Crippen molar-refractivity contribution in [2.45, 2.75) is 44.9 Å². The van der Waals surface area contributed by atoms with E-state index in [0.29, 0.717) is 6.54 Å². The fraction of sp³-hybridized carbons (Fsp3) is 0.444. The molecule has 0 bridgehead atoms. The van der Waals surface area contributed by atoms with E-state index in [1.807, 2.05) is 13.8 Å². The molecular formula is C27H31FN4O5. The molecule has 2 aliphatic heterocycles. The van der Waals surface area contributed by atoms with Crippen molar-refractivity contribution in [3.63, 3.8) is 0 Å². The van der Waals surface area contributed by atoms with Gasteiger partial charge >= 0.3 is 0 Å². The molecule has 0 aliphatic carbocycles. The van der Waals surface area contributed by atoms with Crippen LogP contribution in [0.4, 0.5) is 4.39 Å². The van der Waals surface area contributed by atoms with E-state index in [1.54, 1.807) is 29.1 Å². The van der Waals surface area contributed by atoms with Crippen LogP contribution in [0.5, 0.6) is 11.5 Å². The van der Waals surface area contributed by atoms with Crippen molar-refractivity contribution >= 4 is 22.6 Å². The number of carbonyl (C=O) groups is 2. The highest BCUT2D eigenvalue weighted by molar-refractivity contribution is 6.43. The van der Waals surface area contributed by atoms with Gasteiger partial charge in [0, 0.05) is 23.5 Å². The quantitative estimate of drug-likeness (QED) is 0.355. The zero-order valence-electron chi connectivity index (χ0n) is 20.9. The summed E-state index contributed by atoms with van der Waals surface area (Å²) < 4.78 is 27.3. The van der Waals surface area contributed by atoms with E-state index >= 15 is 0 Å². The first-order valence-corrected chi connectivity index (χ1v) is 12.6. The predicted molar refractivity (Wildman–Crippen MR) is 134 cm³/mol. The van der Waals surface area contributed by atoms with Crippen LogP contribution in [0.3, 0.4) is 0 Å². The Bertz CT molecular complexity index is 1320. The van der Waals surface area contributed by atoms with Crippen molar-refractivity contribution < 1.29 is 28.6 Å². The van der Waals surface area contributed by atoms with Crippen LogP contribution in [0.1, 0.15) is 54.8 Å². The minimum atomic E-state index is -1.27. The SMILES string of the molecule is CC(C)n1ncc2ccc(C(=O)C(=O)N[C@H](CN3CCCC3)[C@@H](O)c3cc(F)c4c(c3)OCCO4)cc21. The van der Waals surface area contributed by atoms with Crippen LogP contribution in [0.2, 0.25) is 0 Å². The summed E-state index contributed by atoms with van der Waals surface area (Å²) in [6.45, 7) is 6.43. The maximum atomic E-state index is 14.7. The Balaban J connectivity index is 1.39. The number of amides is 1. The second kappa shape index (κ2) is 10.5. The predicted octanol–water partition coefficient (Wildman–Crippen LogP) is 3.02. The summed E-state index contributed by atoms with van der Waals surface area (Å²) in [6.07, 6.45) is 2.47. The van der Waals surface area contributed by atoms with Gasteiger partial charge in [0.15, 0.2) is 17.3 Å². The van der Waals surface area contributed by atoms with Crippen molar-refractivity contribution in [3.8, 4) is 11.5 Å². The van der Waals surface area contributed by atoms with Crippen LogP contribution in [-0.2, 0) is 4.79 Å². The number of benzene rings is 2. The number of ketones is 1. The largest absolute Gasteiger partial charge is 0.486 e. The molecule has 3 heterocycles. The summed E-state index contributed by atoms with van der Waals surface area (Å²) in [5.74, 6) is -1.99. The molecule has 10 heteroatoms. The second-order valence-electron chi connectivity index (χ2n) is 9.85. The van der Waals surface area contributed by atoms with Crippen LogP contribution in [0.25, 0.3) is 10.9 Å². The first-order chi connectivity index (χ1) is 17.8. The first-order valence-electron chi connectivity index (χ1n) is 12.6. The van der Waals surface area contributed by atoms with Crippen molar-refractivity contribution in [1.29, 1.82) is 0 Å². The molecule has 196 valence electrons. The summed E-state index contributed by atoms with van der Waals surface area (Å²) >= 11 is 0. The van der Waals surface area contributed by atoms with E-state index in [0.717, 1.165) is 36.8 Å². The Morgan fingerprint density at radius 3 is 2.65 bits per heavy atom. The lowest BCUT2D eigenvalue weighted by atomic mass is 9.99. The number of nitrogens with one attached hydrogen (secondary N) is 1. The number of fused-ring (bicyclic) bond motifs is 2. The molecule has 0 unspecified atom stereocenters. The van der Waals surface area contributed by atoms with Gasteiger partial charge in [-0.25, -0.2) is 4.39 Å². The van der Waals surface area contributed by atoms with Crippen molar-refractivity contribution in [2.75, 3.05) is 32.8 Å². The van der Waals surface area contributed by atoms with E-state index in [2.05, 4.69) is 15.3 Å². The highest BCUT2D eigenvalue weighted by atomic mass is 19.1. The van der Waals surface area contributed by atoms with E-state index < -0.39 is 29.7 Å². The molecule has 0 radical (unpaired) electrons. The van der Waals surface area contributed by atoms with Gasteiger partial charge < -0.3 is 24.8 Å². The summed E-state index contributed by atoms with van der Waals surface area (Å²) in [5.41, 5.74) is 1.22. The van der Waals surface area contributed by atoms with Crippen molar-refractivity contribution in [2.24, 2.45) is 0 Å². The minimum Gasteiger partial charge on any atom is -0.486 e. The molecule has 2 atom stereocenters. The highest BCUT2D eigenvalue weighted by Gasteiger charge is 2.31. The Labute approximate surface area is 214 Å². The summed E-state index contributed by atoms with van der Waals surface area (Å²) in [5, 5.41) is 19.2. The Kier molecular flexibility index (Phi) is 7.12. The Hall–Kier alpha value is -3.50. The zero-order chi connectivity index (χ0) is 26.1. The normalized spacial score (nSPS) is 17.2. The summed E-state index contributed by atoms with van der Waals surface area (Å²) in [7, 11) is 0. The fourth-order valence-electron chi connectivity index (χ4n) is 4.96. The summed E-state index contributed by atoms with van der Waals surface area (Å²) in [6, 6.07) is 6.96. The average Bonchev–Trinajstić information content (AvgIpc) is 3.57. The molecule has 1 aromatic heterocycles. The topological polar surface area (TPSA) is 106 Å². The molecule has 0 spiro atoms. The first kappa shape index (κ1) is 25.2. The van der Waals surface area contributed by atoms with Gasteiger partial charge in [-0.05, 0) is 63.5 Å².